The first-order valence-corrected chi connectivity index (χ1v) is 21.8. The molecule has 0 radical (unpaired) electrons. The summed E-state index contributed by atoms with van der Waals surface area (Å²) < 4.78 is 62.2. The van der Waals surface area contributed by atoms with E-state index in [-0.39, 0.29) is 0 Å². The van der Waals surface area contributed by atoms with Crippen molar-refractivity contribution < 1.29 is 144 Å². The van der Waals surface area contributed by atoms with Gasteiger partial charge in [0.2, 0.25) is 5.91 Å². The quantitative estimate of drug-likeness (QED) is 0.0724. The lowest BCUT2D eigenvalue weighted by atomic mass is 9.94. The minimum atomic E-state index is -2.18. The Bertz CT molecular complexity index is 1590. The molecular weight excluding hydrogens is 934 g/mol. The Balaban J connectivity index is 1.19. The van der Waals surface area contributed by atoms with Gasteiger partial charge in [-0.2, -0.15) is 0 Å². The number of carbonyl (C=O) groups is 1. The molecule has 0 aromatic rings. The third-order valence-electron chi connectivity index (χ3n) is 12.8. The van der Waals surface area contributed by atoms with E-state index in [2.05, 4.69) is 5.32 Å². The molecule has 1 amide bonds. The van der Waals surface area contributed by atoms with Gasteiger partial charge in [0.15, 0.2) is 37.7 Å². The number of carbonyl (C=O) groups excluding carboxylic acids is 1. The van der Waals surface area contributed by atoms with Crippen LogP contribution >= 0.6 is 0 Å². The van der Waals surface area contributed by atoms with Gasteiger partial charge < -0.3 is 144 Å². The average molecular weight is 1000 g/mol. The molecule has 30 atom stereocenters. The number of aliphatic hydroxyl groups is 17. The molecule has 6 heterocycles. The van der Waals surface area contributed by atoms with Crippen LogP contribution in [0.4, 0.5) is 0 Å². The predicted octanol–water partition coefficient (Wildman–Crippen LogP) is -11.9. The van der Waals surface area contributed by atoms with Gasteiger partial charge in [0, 0.05) is 6.92 Å². The summed E-state index contributed by atoms with van der Waals surface area (Å²) in [5, 5.41) is 184. The van der Waals surface area contributed by atoms with E-state index in [0.717, 1.165) is 6.92 Å². The normalized spacial score (nSPS) is 52.6. The van der Waals surface area contributed by atoms with E-state index in [0.29, 0.717) is 0 Å². The molecule has 396 valence electrons. The topological polar surface area (TPSA) is 475 Å². The number of ether oxygens (including phenoxy) is 11. The third kappa shape index (κ3) is 11.4. The van der Waals surface area contributed by atoms with E-state index in [1.807, 2.05) is 0 Å². The Morgan fingerprint density at radius 3 is 1.29 bits per heavy atom. The fourth-order valence-electron chi connectivity index (χ4n) is 8.80. The molecule has 6 fully saturated rings. The number of nitrogens with one attached hydrogen (secondary N) is 1. The Morgan fingerprint density at radius 2 is 0.750 bits per heavy atom. The number of amides is 1. The van der Waals surface area contributed by atoms with Crippen LogP contribution in [0.25, 0.3) is 0 Å². The van der Waals surface area contributed by atoms with Crippen molar-refractivity contribution in [2.45, 2.75) is 205 Å². The molecular formula is C38H65NO29. The summed E-state index contributed by atoms with van der Waals surface area (Å²) >= 11 is 0. The summed E-state index contributed by atoms with van der Waals surface area (Å²) in [5.74, 6) is -0.840. The average Bonchev–Trinajstić information content (AvgIpc) is 3.30. The maximum Gasteiger partial charge on any atom is 0.217 e. The van der Waals surface area contributed by atoms with Crippen molar-refractivity contribution in [3.8, 4) is 0 Å². The molecule has 6 saturated heterocycles. The zero-order valence-electron chi connectivity index (χ0n) is 36.7. The molecule has 6 aliphatic rings. The van der Waals surface area contributed by atoms with Gasteiger partial charge in [-0.05, 0) is 13.8 Å². The molecule has 0 bridgehead atoms. The number of rotatable bonds is 15. The summed E-state index contributed by atoms with van der Waals surface area (Å²) in [5.41, 5.74) is 0. The largest absolute Gasteiger partial charge is 0.394 e. The molecule has 1 unspecified atom stereocenters. The van der Waals surface area contributed by atoms with Crippen molar-refractivity contribution in [3.05, 3.63) is 0 Å². The minimum absolute atomic E-state index is 0.840. The van der Waals surface area contributed by atoms with Gasteiger partial charge in [0.1, 0.15) is 134 Å². The van der Waals surface area contributed by atoms with Crippen LogP contribution in [0.3, 0.4) is 0 Å². The molecule has 0 aliphatic carbocycles. The summed E-state index contributed by atoms with van der Waals surface area (Å²) in [6.07, 6.45) is -52.1. The van der Waals surface area contributed by atoms with Gasteiger partial charge in [0.05, 0.1) is 38.6 Å². The molecule has 6 aliphatic heterocycles. The van der Waals surface area contributed by atoms with Gasteiger partial charge in [0.25, 0.3) is 0 Å². The monoisotopic (exact) mass is 999 g/mol. The van der Waals surface area contributed by atoms with Gasteiger partial charge in [-0.25, -0.2) is 0 Å². The molecule has 30 nitrogen and oxygen atoms in total. The maximum absolute atomic E-state index is 12.7. The SMILES string of the molecule is CC(=O)N[C@H]1[C@H](O[C@H]2[C@@H](O)[C@@H](CO)O[C@@H](O[C@H]3[C@H](O)[C@@H](O)C(O)O[C@@H]3CO)[C@@H]2O)O[C@H](CO)[C@@H](O)[C@@H]1O[C@@H]1O[C@H](CO)[C@H](O[C@@H]2O[C@@H](C)[C@@H](O)[C@@H](O[C@@H]3O[C@@H](C)[C@@H](O)[C@@H](O)[C@@H]3O)[C@@H]2O)[C@H](O)[C@H]1O. The second-order valence-corrected chi connectivity index (χ2v) is 17.5. The first-order chi connectivity index (χ1) is 32.1. The lowest BCUT2D eigenvalue weighted by Gasteiger charge is -2.50. The highest BCUT2D eigenvalue weighted by atomic mass is 16.8. The summed E-state index contributed by atoms with van der Waals surface area (Å²) in [4.78, 5) is 12.7. The van der Waals surface area contributed by atoms with Crippen LogP contribution in [-0.4, -0.2) is 303 Å². The Morgan fingerprint density at radius 1 is 0.382 bits per heavy atom. The summed E-state index contributed by atoms with van der Waals surface area (Å²) in [6.45, 7) is -0.113. The fraction of sp³-hybridized carbons (Fsp3) is 0.974. The zero-order valence-corrected chi connectivity index (χ0v) is 36.7. The first kappa shape index (κ1) is 55.7. The van der Waals surface area contributed by atoms with Crippen molar-refractivity contribution in [2.24, 2.45) is 0 Å². The molecule has 18 N–H and O–H groups in total. The number of aliphatic hydroxyl groups excluding tert-OH is 17. The second kappa shape index (κ2) is 23.5. The van der Waals surface area contributed by atoms with Crippen LogP contribution in [-0.2, 0) is 56.9 Å². The molecule has 0 aromatic heterocycles. The van der Waals surface area contributed by atoms with E-state index in [1.165, 1.54) is 13.8 Å². The number of hydrogen-bond donors (Lipinski definition) is 18. The summed E-state index contributed by atoms with van der Waals surface area (Å²) in [7, 11) is 0. The standard InChI is InChI=1S/C38H65NO29/c1-8-16(45)20(49)24(53)35(58-8)68-31-17(46)9(2)59-37(26(31)55)64-29-14(7-43)63-36(25(54)22(29)51)66-30-15(39-10(3)44)34(61-11(4-40)18(30)47)67-32-19(48)12(5-41)62-38(27(32)56)65-28-13(6-42)60-33(57)23(52)21(28)50/h8-9,11-38,40-43,45-57H,4-7H2,1-3H3,(H,39,44)/t8-,9-,11+,12+,13+,14+,15+,16+,17+,18+,19-,20+,21+,22+,23+,24-,25+,26-,27+,28+,29-,30+,31+,32-,33?,34-,35-,36-,37-,38-/m0/s1. The Hall–Kier alpha value is -1.65. The number of hydrogen-bond acceptors (Lipinski definition) is 29. The van der Waals surface area contributed by atoms with E-state index in [1.54, 1.807) is 0 Å². The summed E-state index contributed by atoms with van der Waals surface area (Å²) in [6, 6.07) is -1.74. The molecule has 0 saturated carbocycles. The van der Waals surface area contributed by atoms with Crippen LogP contribution in [0.2, 0.25) is 0 Å². The Kier molecular flexibility index (Phi) is 19.2. The molecule has 0 spiro atoms. The van der Waals surface area contributed by atoms with Crippen molar-refractivity contribution >= 4 is 5.91 Å². The maximum atomic E-state index is 12.7. The van der Waals surface area contributed by atoms with Crippen LogP contribution in [0.15, 0.2) is 0 Å². The van der Waals surface area contributed by atoms with Gasteiger partial charge in [-0.15, -0.1) is 0 Å². The molecule has 30 heteroatoms. The second-order valence-electron chi connectivity index (χ2n) is 17.5. The lowest BCUT2D eigenvalue weighted by Crippen LogP contribution is -2.70. The van der Waals surface area contributed by atoms with Gasteiger partial charge in [-0.1, -0.05) is 0 Å². The lowest BCUT2D eigenvalue weighted by molar-refractivity contribution is -0.388. The minimum Gasteiger partial charge on any atom is -0.394 e. The highest BCUT2D eigenvalue weighted by Crippen LogP contribution is 2.37. The molecule has 0 aromatic carbocycles. The van der Waals surface area contributed by atoms with Crippen molar-refractivity contribution in [1.82, 2.24) is 5.32 Å². The molecule has 6 rings (SSSR count). The molecule has 68 heavy (non-hydrogen) atoms. The van der Waals surface area contributed by atoms with E-state index >= 15 is 0 Å². The zero-order chi connectivity index (χ0) is 50.2. The first-order valence-electron chi connectivity index (χ1n) is 21.8. The predicted molar refractivity (Wildman–Crippen MR) is 208 cm³/mol. The van der Waals surface area contributed by atoms with Crippen LogP contribution in [0, 0.1) is 0 Å². The van der Waals surface area contributed by atoms with E-state index in [4.69, 9.17) is 52.1 Å². The van der Waals surface area contributed by atoms with Crippen LogP contribution in [0.5, 0.6) is 0 Å². The third-order valence-corrected chi connectivity index (χ3v) is 12.8. The van der Waals surface area contributed by atoms with Crippen molar-refractivity contribution in [3.63, 3.8) is 0 Å². The van der Waals surface area contributed by atoms with Crippen molar-refractivity contribution in [1.29, 1.82) is 0 Å². The Labute approximate surface area is 386 Å². The highest BCUT2D eigenvalue weighted by Gasteiger charge is 2.57. The van der Waals surface area contributed by atoms with Gasteiger partial charge >= 0.3 is 0 Å². The highest BCUT2D eigenvalue weighted by molar-refractivity contribution is 5.73. The van der Waals surface area contributed by atoms with Gasteiger partial charge in [-0.3, -0.25) is 4.79 Å². The fourth-order valence-corrected chi connectivity index (χ4v) is 8.80. The van der Waals surface area contributed by atoms with Crippen LogP contribution in [0.1, 0.15) is 20.8 Å². The van der Waals surface area contributed by atoms with E-state index in [9.17, 15) is 91.6 Å². The smallest absolute Gasteiger partial charge is 0.217 e. The van der Waals surface area contributed by atoms with Crippen LogP contribution < -0.4 is 5.32 Å². The van der Waals surface area contributed by atoms with Crippen molar-refractivity contribution in [2.75, 3.05) is 26.4 Å². The van der Waals surface area contributed by atoms with E-state index < -0.39 is 217 Å².